The van der Waals surface area contributed by atoms with Gasteiger partial charge in [0.2, 0.25) is 0 Å². The summed E-state index contributed by atoms with van der Waals surface area (Å²) in [5.74, 6) is 1.31. The summed E-state index contributed by atoms with van der Waals surface area (Å²) in [6, 6.07) is 10.6. The Hall–Kier alpha value is -2.60. The third-order valence-electron chi connectivity index (χ3n) is 5.56. The van der Waals surface area contributed by atoms with E-state index in [9.17, 15) is 13.2 Å². The van der Waals surface area contributed by atoms with E-state index in [1.807, 2.05) is 25.1 Å². The second-order valence-electron chi connectivity index (χ2n) is 8.83. The largest absolute Gasteiger partial charge is 0.457 e. The lowest BCUT2D eigenvalue weighted by Crippen LogP contribution is -2.14. The van der Waals surface area contributed by atoms with Gasteiger partial charge in [-0.05, 0) is 85.0 Å². The lowest BCUT2D eigenvalue weighted by Gasteiger charge is -2.16. The van der Waals surface area contributed by atoms with E-state index in [1.165, 1.54) is 23.3 Å². The third kappa shape index (κ3) is 9.88. The number of thiol groups is 1. The highest BCUT2D eigenvalue weighted by molar-refractivity contribution is 7.84. The van der Waals surface area contributed by atoms with E-state index in [-0.39, 0.29) is 0 Å². The first-order valence-electron chi connectivity index (χ1n) is 11.9. The number of hydrogen-bond acceptors (Lipinski definition) is 3. The Morgan fingerprint density at radius 3 is 2.26 bits per heavy atom. The molecule has 0 radical (unpaired) electrons. The first-order valence-corrected chi connectivity index (χ1v) is 12.4. The predicted octanol–water partition coefficient (Wildman–Crippen LogP) is 9.25. The molecular formula is C29H36F3NOS. The van der Waals surface area contributed by atoms with Crippen LogP contribution in [0.1, 0.15) is 63.6 Å². The fourth-order valence-electron chi connectivity index (χ4n) is 3.83. The number of nitrogens with one attached hydrogen (secondary N) is 1. The van der Waals surface area contributed by atoms with E-state index in [2.05, 4.69) is 57.4 Å². The molecule has 0 saturated carbocycles. The molecule has 2 nitrogen and oxygen atoms in total. The molecule has 0 heterocycles. The van der Waals surface area contributed by atoms with E-state index in [1.54, 1.807) is 0 Å². The summed E-state index contributed by atoms with van der Waals surface area (Å²) in [5, 5.41) is 3.43. The normalized spacial score (nSPS) is 13.5. The molecule has 0 aromatic heterocycles. The van der Waals surface area contributed by atoms with Gasteiger partial charge in [-0.15, -0.1) is 12.6 Å². The molecule has 0 bridgehead atoms. The van der Waals surface area contributed by atoms with Gasteiger partial charge in [0.05, 0.1) is 5.56 Å². The lowest BCUT2D eigenvalue weighted by atomic mass is 10.00. The summed E-state index contributed by atoms with van der Waals surface area (Å²) in [6.45, 7) is 13.2. The molecule has 35 heavy (non-hydrogen) atoms. The number of alkyl halides is 3. The van der Waals surface area contributed by atoms with Crippen molar-refractivity contribution in [3.63, 3.8) is 0 Å². The van der Waals surface area contributed by atoms with Gasteiger partial charge in [0, 0.05) is 18.7 Å². The molecule has 6 heteroatoms. The molecule has 0 amide bonds. The molecule has 190 valence electrons. The molecule has 0 spiro atoms. The zero-order valence-electron chi connectivity index (χ0n) is 21.0. The molecular weight excluding hydrogens is 467 g/mol. The van der Waals surface area contributed by atoms with Crippen molar-refractivity contribution in [2.75, 3.05) is 0 Å². The van der Waals surface area contributed by atoms with Crippen molar-refractivity contribution in [3.8, 4) is 11.5 Å². The van der Waals surface area contributed by atoms with E-state index >= 15 is 0 Å². The maximum atomic E-state index is 12.8. The van der Waals surface area contributed by atoms with E-state index < -0.39 is 11.7 Å². The molecule has 2 aromatic rings. The van der Waals surface area contributed by atoms with Crippen LogP contribution in [0, 0.1) is 5.92 Å². The smallest absolute Gasteiger partial charge is 0.416 e. The van der Waals surface area contributed by atoms with Gasteiger partial charge >= 0.3 is 6.18 Å². The van der Waals surface area contributed by atoms with Gasteiger partial charge < -0.3 is 10.1 Å². The summed E-state index contributed by atoms with van der Waals surface area (Å²) < 4.78 is 44.3. The Labute approximate surface area is 213 Å². The summed E-state index contributed by atoms with van der Waals surface area (Å²) >= 11 is 4.39. The van der Waals surface area contributed by atoms with Crippen LogP contribution >= 0.6 is 12.6 Å². The van der Waals surface area contributed by atoms with Crippen LogP contribution in [-0.2, 0) is 19.1 Å². The van der Waals surface area contributed by atoms with Gasteiger partial charge in [-0.25, -0.2) is 0 Å². The molecule has 2 rings (SSSR count). The molecule has 1 N–H and O–H groups in total. The van der Waals surface area contributed by atoms with Crippen molar-refractivity contribution in [3.05, 3.63) is 94.1 Å². The monoisotopic (exact) mass is 503 g/mol. The van der Waals surface area contributed by atoms with Crippen molar-refractivity contribution in [1.82, 2.24) is 5.32 Å². The SMILES string of the molecule is C=C(C/C(C)=C/C(/C=C(/C)S)CC)NCc1cc(Oc2ccc(C(F)(F)F)cc2)ccc1CCC. The van der Waals surface area contributed by atoms with Crippen molar-refractivity contribution in [2.24, 2.45) is 5.92 Å². The highest BCUT2D eigenvalue weighted by Crippen LogP contribution is 2.32. The van der Waals surface area contributed by atoms with Crippen molar-refractivity contribution in [1.29, 1.82) is 0 Å². The molecule has 1 unspecified atom stereocenters. The number of benzene rings is 2. The van der Waals surface area contributed by atoms with Gasteiger partial charge in [-0.1, -0.05) is 50.6 Å². The molecule has 0 saturated heterocycles. The van der Waals surface area contributed by atoms with E-state index in [4.69, 9.17) is 4.74 Å². The minimum atomic E-state index is -4.37. The van der Waals surface area contributed by atoms with Crippen LogP contribution in [0.15, 0.2) is 77.4 Å². The predicted molar refractivity (Wildman–Crippen MR) is 143 cm³/mol. The molecule has 2 aromatic carbocycles. The second-order valence-corrected chi connectivity index (χ2v) is 9.54. The number of aryl methyl sites for hydroxylation is 1. The summed E-state index contributed by atoms with van der Waals surface area (Å²) in [7, 11) is 0. The fourth-order valence-corrected chi connectivity index (χ4v) is 4.02. The minimum Gasteiger partial charge on any atom is -0.457 e. The molecule has 0 aliphatic carbocycles. The van der Waals surface area contributed by atoms with E-state index in [0.717, 1.165) is 54.0 Å². The van der Waals surface area contributed by atoms with Crippen LogP contribution in [0.25, 0.3) is 0 Å². The maximum absolute atomic E-state index is 12.8. The number of halogens is 3. The zero-order chi connectivity index (χ0) is 26.0. The van der Waals surface area contributed by atoms with Crippen molar-refractivity contribution < 1.29 is 17.9 Å². The quantitative estimate of drug-likeness (QED) is 0.222. The summed E-state index contributed by atoms with van der Waals surface area (Å²) in [6.07, 6.45) is 3.74. The van der Waals surface area contributed by atoms with Crippen LogP contribution in [-0.4, -0.2) is 0 Å². The number of ether oxygens (including phenoxy) is 1. The molecule has 0 aliphatic rings. The minimum absolute atomic E-state index is 0.357. The Kier molecular flexibility index (Phi) is 11.0. The number of hydrogen-bond donors (Lipinski definition) is 2. The van der Waals surface area contributed by atoms with Crippen LogP contribution < -0.4 is 10.1 Å². The van der Waals surface area contributed by atoms with E-state index in [0.29, 0.717) is 24.0 Å². The van der Waals surface area contributed by atoms with Crippen LogP contribution in [0.2, 0.25) is 0 Å². The van der Waals surface area contributed by atoms with Crippen LogP contribution in [0.4, 0.5) is 13.2 Å². The second kappa shape index (κ2) is 13.5. The average Bonchev–Trinajstić information content (AvgIpc) is 2.78. The lowest BCUT2D eigenvalue weighted by molar-refractivity contribution is -0.137. The molecule has 1 atom stereocenters. The van der Waals surface area contributed by atoms with Crippen LogP contribution in [0.5, 0.6) is 11.5 Å². The van der Waals surface area contributed by atoms with Gasteiger partial charge in [-0.3, -0.25) is 0 Å². The topological polar surface area (TPSA) is 21.3 Å². The molecule has 0 aliphatic heterocycles. The maximum Gasteiger partial charge on any atom is 0.416 e. The van der Waals surface area contributed by atoms with Gasteiger partial charge in [0.1, 0.15) is 11.5 Å². The zero-order valence-corrected chi connectivity index (χ0v) is 21.9. The van der Waals surface area contributed by atoms with Gasteiger partial charge in [0.15, 0.2) is 0 Å². The number of rotatable bonds is 12. The average molecular weight is 504 g/mol. The van der Waals surface area contributed by atoms with Gasteiger partial charge in [0.25, 0.3) is 0 Å². The first-order chi connectivity index (χ1) is 16.5. The summed E-state index contributed by atoms with van der Waals surface area (Å²) in [4.78, 5) is 1.01. The Bertz CT molecular complexity index is 1030. The van der Waals surface area contributed by atoms with Crippen molar-refractivity contribution >= 4 is 12.6 Å². The Morgan fingerprint density at radius 2 is 1.69 bits per heavy atom. The fraction of sp³-hybridized carbons (Fsp3) is 0.379. The first kappa shape index (κ1) is 28.6. The Balaban J connectivity index is 2.08. The van der Waals surface area contributed by atoms with Crippen LogP contribution in [0.3, 0.4) is 0 Å². The standard InChI is InChI=1S/C29H36F3NOS/c1-6-8-24-9-12-28(34-27-13-10-26(11-14-27)29(30,31)32)18-25(24)19-33-21(4)15-20(3)16-23(7-2)17-22(5)35/h9-14,16-18,23,33,35H,4,6-8,15,19H2,1-3,5H3/b20-16+,22-17-. The summed E-state index contributed by atoms with van der Waals surface area (Å²) in [5.41, 5.74) is 3.77. The van der Waals surface area contributed by atoms with Crippen molar-refractivity contribution in [2.45, 2.75) is 66.1 Å². The van der Waals surface area contributed by atoms with Gasteiger partial charge in [-0.2, -0.15) is 13.2 Å². The number of allylic oxidation sites excluding steroid dienone is 4. The highest BCUT2D eigenvalue weighted by Gasteiger charge is 2.30. The molecule has 0 fully saturated rings. The highest BCUT2D eigenvalue weighted by atomic mass is 32.1. The third-order valence-corrected chi connectivity index (χ3v) is 5.71. The Morgan fingerprint density at radius 1 is 1.03 bits per heavy atom.